The standard InChI is InChI=1S/C40H56N12O6/c1-24(2)22-52(51-39(57)34(18-27-20-45-31-14-8-7-13-29(27)31)50-37(55)30(42)19-28-21-44-23-46-28)40(58)47-25(3)36(54)49-33(17-26-11-5-4-6-12-26)38(56)48-32(35(43)53)15-9-10-16-41/h4-8,11-14,20-21,23-25,30,32-34,45H,9-10,15-19,22,41-42H2,1-3H3,(H2,43,53)(H,44,46)(H,47,58)(H,48,56)(H,49,54)(H,50,55)(H,51,57)/t25-,30-,32-,33-,34-/m0/s1. The molecule has 18 nitrogen and oxygen atoms in total. The van der Waals surface area contributed by atoms with Gasteiger partial charge in [0.15, 0.2) is 0 Å². The number of nitrogens with two attached hydrogens (primary N) is 3. The maximum atomic E-state index is 14.0. The van der Waals surface area contributed by atoms with Gasteiger partial charge in [0.05, 0.1) is 12.4 Å². The molecular formula is C40H56N12O6. The average Bonchev–Trinajstić information content (AvgIpc) is 3.86. The van der Waals surface area contributed by atoms with E-state index in [1.807, 2.05) is 44.2 Å². The minimum atomic E-state index is -1.19. The summed E-state index contributed by atoms with van der Waals surface area (Å²) in [4.78, 5) is 90.5. The molecular weight excluding hydrogens is 745 g/mol. The average molecular weight is 801 g/mol. The number of hydrazine groups is 1. The third-order valence-electron chi connectivity index (χ3n) is 9.36. The van der Waals surface area contributed by atoms with Gasteiger partial charge in [0.2, 0.25) is 23.6 Å². The van der Waals surface area contributed by atoms with E-state index < -0.39 is 65.8 Å². The summed E-state index contributed by atoms with van der Waals surface area (Å²) in [5.41, 5.74) is 23.0. The molecule has 0 saturated heterocycles. The quantitative estimate of drug-likeness (QED) is 0.0412. The van der Waals surface area contributed by atoms with Crippen molar-refractivity contribution in [2.24, 2.45) is 23.1 Å². The summed E-state index contributed by atoms with van der Waals surface area (Å²) in [5.74, 6) is -3.48. The Bertz CT molecular complexity index is 1970. The Balaban J connectivity index is 1.48. The van der Waals surface area contributed by atoms with E-state index in [9.17, 15) is 28.8 Å². The van der Waals surface area contributed by atoms with Gasteiger partial charge in [0.25, 0.3) is 5.91 Å². The van der Waals surface area contributed by atoms with Crippen molar-refractivity contribution in [3.8, 4) is 0 Å². The predicted octanol–water partition coefficient (Wildman–Crippen LogP) is 0.402. The van der Waals surface area contributed by atoms with Crippen LogP contribution in [0.4, 0.5) is 4.79 Å². The fourth-order valence-corrected chi connectivity index (χ4v) is 6.22. The number of nitrogens with zero attached hydrogens (tertiary/aromatic N) is 2. The molecule has 4 aromatic rings. The fraction of sp³-hybridized carbons (Fsp3) is 0.425. The summed E-state index contributed by atoms with van der Waals surface area (Å²) >= 11 is 0. The molecule has 13 N–H and O–H groups in total. The Hall–Kier alpha value is -6.27. The van der Waals surface area contributed by atoms with Crippen LogP contribution >= 0.6 is 0 Å². The van der Waals surface area contributed by atoms with Crippen molar-refractivity contribution in [3.63, 3.8) is 0 Å². The van der Waals surface area contributed by atoms with Crippen LogP contribution in [0.2, 0.25) is 0 Å². The number of aromatic amines is 2. The first-order valence-corrected chi connectivity index (χ1v) is 19.4. The highest BCUT2D eigenvalue weighted by molar-refractivity contribution is 5.95. The van der Waals surface area contributed by atoms with Gasteiger partial charge in [-0.1, -0.05) is 62.4 Å². The number of H-pyrrole nitrogens is 2. The zero-order chi connectivity index (χ0) is 42.2. The number of amides is 7. The molecule has 0 bridgehead atoms. The number of fused-ring (bicyclic) bond motifs is 1. The second-order valence-electron chi connectivity index (χ2n) is 14.7. The molecule has 0 aliphatic heterocycles. The molecule has 0 saturated carbocycles. The first-order chi connectivity index (χ1) is 27.7. The molecule has 312 valence electrons. The van der Waals surface area contributed by atoms with Crippen LogP contribution in [0.15, 0.2) is 73.3 Å². The van der Waals surface area contributed by atoms with Crippen LogP contribution in [0.25, 0.3) is 10.9 Å². The lowest BCUT2D eigenvalue weighted by Crippen LogP contribution is -2.61. The Kier molecular flexibility index (Phi) is 16.8. The molecule has 0 aliphatic carbocycles. The third-order valence-corrected chi connectivity index (χ3v) is 9.36. The number of primary amides is 1. The number of rotatable bonds is 21. The smallest absolute Gasteiger partial charge is 0.336 e. The lowest BCUT2D eigenvalue weighted by molar-refractivity contribution is -0.132. The topological polar surface area (TPSA) is 288 Å². The van der Waals surface area contributed by atoms with Crippen LogP contribution < -0.4 is 43.9 Å². The number of benzene rings is 2. The summed E-state index contributed by atoms with van der Waals surface area (Å²) < 4.78 is 0. The number of hydrogen-bond acceptors (Lipinski definition) is 9. The molecule has 58 heavy (non-hydrogen) atoms. The third kappa shape index (κ3) is 13.4. The van der Waals surface area contributed by atoms with Crippen molar-refractivity contribution in [1.82, 2.24) is 46.7 Å². The molecule has 2 aromatic carbocycles. The number of unbranched alkanes of at least 4 members (excludes halogenated alkanes) is 1. The first-order valence-electron chi connectivity index (χ1n) is 19.4. The number of hydrogen-bond donors (Lipinski definition) is 10. The van der Waals surface area contributed by atoms with Crippen LogP contribution in [0.1, 0.15) is 56.9 Å². The molecule has 0 aliphatic rings. The molecule has 18 heteroatoms. The van der Waals surface area contributed by atoms with Crippen LogP contribution in [0.5, 0.6) is 0 Å². The monoisotopic (exact) mass is 800 g/mol. The largest absolute Gasteiger partial charge is 0.368 e. The zero-order valence-corrected chi connectivity index (χ0v) is 33.1. The minimum Gasteiger partial charge on any atom is -0.368 e. The summed E-state index contributed by atoms with van der Waals surface area (Å²) in [5, 5.41) is 12.6. The number of aromatic nitrogens is 3. The van der Waals surface area contributed by atoms with Gasteiger partial charge in [-0.05, 0) is 55.8 Å². The molecule has 5 atom stereocenters. The van der Waals surface area contributed by atoms with E-state index in [1.54, 1.807) is 36.7 Å². The summed E-state index contributed by atoms with van der Waals surface area (Å²) in [6.07, 6.45) is 6.53. The van der Waals surface area contributed by atoms with E-state index in [2.05, 4.69) is 41.6 Å². The summed E-state index contributed by atoms with van der Waals surface area (Å²) in [6, 6.07) is 10.2. The van der Waals surface area contributed by atoms with Gasteiger partial charge in [0.1, 0.15) is 24.2 Å². The minimum absolute atomic E-state index is 0.0384. The predicted molar refractivity (Wildman–Crippen MR) is 218 cm³/mol. The Morgan fingerprint density at radius 2 is 1.43 bits per heavy atom. The zero-order valence-electron chi connectivity index (χ0n) is 33.1. The highest BCUT2D eigenvalue weighted by Gasteiger charge is 2.31. The number of imidazole rings is 1. The van der Waals surface area contributed by atoms with Gasteiger partial charge in [-0.3, -0.25) is 29.4 Å². The summed E-state index contributed by atoms with van der Waals surface area (Å²) in [7, 11) is 0. The van der Waals surface area contributed by atoms with Gasteiger partial charge in [-0.25, -0.2) is 14.8 Å². The van der Waals surface area contributed by atoms with Gasteiger partial charge >= 0.3 is 6.03 Å². The van der Waals surface area contributed by atoms with Crippen LogP contribution in [-0.2, 0) is 43.2 Å². The lowest BCUT2D eigenvalue weighted by Gasteiger charge is -2.29. The van der Waals surface area contributed by atoms with E-state index >= 15 is 0 Å². The lowest BCUT2D eigenvalue weighted by atomic mass is 10.0. The van der Waals surface area contributed by atoms with E-state index in [4.69, 9.17) is 17.2 Å². The number of carbonyl (C=O) groups excluding carboxylic acids is 6. The molecule has 2 heterocycles. The van der Waals surface area contributed by atoms with Gasteiger partial charge in [-0.2, -0.15) is 0 Å². The number of urea groups is 1. The molecule has 0 radical (unpaired) electrons. The number of carbonyl (C=O) groups is 6. The normalized spacial score (nSPS) is 13.8. The Labute approximate surface area is 337 Å². The van der Waals surface area contributed by atoms with Crippen molar-refractivity contribution in [2.75, 3.05) is 13.1 Å². The Morgan fingerprint density at radius 1 is 0.759 bits per heavy atom. The first kappa shape index (κ1) is 44.4. The van der Waals surface area contributed by atoms with E-state index in [0.717, 1.165) is 27.0 Å². The van der Waals surface area contributed by atoms with Crippen molar-refractivity contribution < 1.29 is 28.8 Å². The van der Waals surface area contributed by atoms with E-state index in [-0.39, 0.29) is 38.1 Å². The van der Waals surface area contributed by atoms with Gasteiger partial charge < -0.3 is 48.4 Å². The van der Waals surface area contributed by atoms with Gasteiger partial charge in [0, 0.05) is 54.8 Å². The van der Waals surface area contributed by atoms with Gasteiger partial charge in [-0.15, -0.1) is 0 Å². The molecule has 2 aromatic heterocycles. The van der Waals surface area contributed by atoms with Crippen LogP contribution in [-0.4, -0.2) is 98.8 Å². The van der Waals surface area contributed by atoms with E-state index in [1.165, 1.54) is 13.3 Å². The highest BCUT2D eigenvalue weighted by Crippen LogP contribution is 2.19. The van der Waals surface area contributed by atoms with Crippen molar-refractivity contribution in [1.29, 1.82) is 0 Å². The molecule has 0 spiro atoms. The Morgan fingerprint density at radius 3 is 2.10 bits per heavy atom. The number of nitrogens with one attached hydrogen (secondary N) is 7. The molecule has 0 unspecified atom stereocenters. The second-order valence-corrected chi connectivity index (χ2v) is 14.7. The molecule has 4 rings (SSSR count). The maximum absolute atomic E-state index is 14.0. The second kappa shape index (κ2) is 21.9. The van der Waals surface area contributed by atoms with Crippen molar-refractivity contribution >= 4 is 46.5 Å². The fourth-order valence-electron chi connectivity index (χ4n) is 6.22. The van der Waals surface area contributed by atoms with Crippen LogP contribution in [0.3, 0.4) is 0 Å². The number of para-hydroxylation sites is 1. The summed E-state index contributed by atoms with van der Waals surface area (Å²) in [6.45, 7) is 5.56. The van der Waals surface area contributed by atoms with E-state index in [0.29, 0.717) is 25.1 Å². The van der Waals surface area contributed by atoms with Crippen molar-refractivity contribution in [2.45, 2.75) is 89.5 Å². The highest BCUT2D eigenvalue weighted by atomic mass is 16.2. The van der Waals surface area contributed by atoms with Crippen molar-refractivity contribution in [3.05, 3.63) is 90.1 Å². The van der Waals surface area contributed by atoms with Crippen LogP contribution in [0, 0.1) is 5.92 Å². The molecule has 7 amide bonds. The SMILES string of the molecule is CC(C)CN(NC(=O)[C@H](Cc1c[nH]c2ccccc12)NC(=O)[C@@H](N)Cc1cnc[nH]1)C(=O)N[C@@H](C)C(=O)N[C@@H](Cc1ccccc1)C(=O)N[C@@H](CCCCN)C(N)=O. The maximum Gasteiger partial charge on any atom is 0.336 e. The molecule has 0 fully saturated rings.